The Balaban J connectivity index is 2.38. The lowest BCUT2D eigenvalue weighted by Gasteiger charge is -2.39. The Morgan fingerprint density at radius 2 is 1.95 bits per heavy atom. The van der Waals surface area contributed by atoms with Crippen LogP contribution in [-0.2, 0) is 0 Å². The fourth-order valence-corrected chi connectivity index (χ4v) is 2.84. The van der Waals surface area contributed by atoms with E-state index in [2.05, 4.69) is 37.6 Å². The standard InChI is InChI=1S/C15H24ClN3/c1-10(2)13-17-12(16)11(3)14(18-13)19-8-6-7-15(4,5)9-19/h10H,6-9H2,1-5H3. The van der Waals surface area contributed by atoms with Gasteiger partial charge in [-0.2, -0.15) is 0 Å². The van der Waals surface area contributed by atoms with E-state index in [0.717, 1.165) is 30.3 Å². The number of anilines is 1. The molecule has 1 saturated heterocycles. The van der Waals surface area contributed by atoms with Crippen molar-refractivity contribution >= 4 is 17.4 Å². The highest BCUT2D eigenvalue weighted by atomic mass is 35.5. The van der Waals surface area contributed by atoms with Crippen LogP contribution in [0.4, 0.5) is 5.82 Å². The summed E-state index contributed by atoms with van der Waals surface area (Å²) in [5.74, 6) is 2.17. The van der Waals surface area contributed by atoms with Crippen molar-refractivity contribution in [3.63, 3.8) is 0 Å². The first kappa shape index (κ1) is 14.6. The third-order valence-corrected chi connectivity index (χ3v) is 4.16. The van der Waals surface area contributed by atoms with E-state index in [0.29, 0.717) is 16.5 Å². The van der Waals surface area contributed by atoms with Gasteiger partial charge in [-0.3, -0.25) is 0 Å². The van der Waals surface area contributed by atoms with E-state index in [1.54, 1.807) is 0 Å². The van der Waals surface area contributed by atoms with Gasteiger partial charge >= 0.3 is 0 Å². The number of nitrogens with zero attached hydrogens (tertiary/aromatic N) is 3. The predicted octanol–water partition coefficient (Wildman–Crippen LogP) is 4.19. The smallest absolute Gasteiger partial charge is 0.137 e. The number of rotatable bonds is 2. The van der Waals surface area contributed by atoms with Crippen LogP contribution in [0.3, 0.4) is 0 Å². The molecule has 0 spiro atoms. The molecule has 3 nitrogen and oxygen atoms in total. The molecule has 0 atom stereocenters. The summed E-state index contributed by atoms with van der Waals surface area (Å²) in [5.41, 5.74) is 1.35. The summed E-state index contributed by atoms with van der Waals surface area (Å²) in [4.78, 5) is 11.5. The Morgan fingerprint density at radius 1 is 1.26 bits per heavy atom. The number of hydrogen-bond acceptors (Lipinski definition) is 3. The minimum absolute atomic E-state index is 0.301. The lowest BCUT2D eigenvalue weighted by molar-refractivity contribution is 0.291. The molecule has 2 rings (SSSR count). The highest BCUT2D eigenvalue weighted by Crippen LogP contribution is 2.33. The van der Waals surface area contributed by atoms with Crippen LogP contribution in [0, 0.1) is 12.3 Å². The number of halogens is 1. The van der Waals surface area contributed by atoms with Crippen LogP contribution in [0.5, 0.6) is 0 Å². The van der Waals surface area contributed by atoms with Crippen molar-refractivity contribution in [2.24, 2.45) is 5.41 Å². The van der Waals surface area contributed by atoms with Crippen molar-refractivity contribution in [2.75, 3.05) is 18.0 Å². The van der Waals surface area contributed by atoms with E-state index in [1.807, 2.05) is 6.92 Å². The van der Waals surface area contributed by atoms with Crippen molar-refractivity contribution < 1.29 is 0 Å². The number of hydrogen-bond donors (Lipinski definition) is 0. The first-order valence-corrected chi connectivity index (χ1v) is 7.47. The van der Waals surface area contributed by atoms with E-state index >= 15 is 0 Å². The summed E-state index contributed by atoms with van der Waals surface area (Å²) in [6.07, 6.45) is 2.49. The third kappa shape index (κ3) is 3.19. The molecule has 0 radical (unpaired) electrons. The van der Waals surface area contributed by atoms with Crippen molar-refractivity contribution in [2.45, 2.75) is 53.4 Å². The first-order valence-electron chi connectivity index (χ1n) is 7.09. The molecule has 0 aromatic carbocycles. The summed E-state index contributed by atoms with van der Waals surface area (Å²) in [6, 6.07) is 0. The molecule has 1 aliphatic heterocycles. The van der Waals surface area contributed by atoms with E-state index in [1.165, 1.54) is 12.8 Å². The molecule has 1 aromatic rings. The normalized spacial score (nSPS) is 19.0. The van der Waals surface area contributed by atoms with Gasteiger partial charge in [0.05, 0.1) is 0 Å². The van der Waals surface area contributed by atoms with E-state index in [-0.39, 0.29) is 0 Å². The van der Waals surface area contributed by atoms with Crippen LogP contribution < -0.4 is 4.90 Å². The largest absolute Gasteiger partial charge is 0.356 e. The molecule has 0 amide bonds. The summed E-state index contributed by atoms with van der Waals surface area (Å²) in [6.45, 7) is 13.0. The predicted molar refractivity (Wildman–Crippen MR) is 81.1 cm³/mol. The van der Waals surface area contributed by atoms with E-state index in [4.69, 9.17) is 16.6 Å². The van der Waals surface area contributed by atoms with Gasteiger partial charge in [-0.1, -0.05) is 39.3 Å². The molecule has 0 aliphatic carbocycles. The summed E-state index contributed by atoms with van der Waals surface area (Å²) < 4.78 is 0. The lowest BCUT2D eigenvalue weighted by atomic mass is 9.84. The van der Waals surface area contributed by atoms with Gasteiger partial charge in [-0.15, -0.1) is 0 Å². The molecule has 2 heterocycles. The van der Waals surface area contributed by atoms with Crippen LogP contribution in [0.2, 0.25) is 5.15 Å². The van der Waals surface area contributed by atoms with Gasteiger partial charge in [0.2, 0.25) is 0 Å². The third-order valence-electron chi connectivity index (χ3n) is 3.79. The Bertz CT molecular complexity index is 469. The molecule has 1 fully saturated rings. The van der Waals surface area contributed by atoms with Gasteiger partial charge in [-0.25, -0.2) is 9.97 Å². The number of aromatic nitrogens is 2. The lowest BCUT2D eigenvalue weighted by Crippen LogP contribution is -2.41. The molecule has 0 bridgehead atoms. The Kier molecular flexibility index (Phi) is 4.05. The van der Waals surface area contributed by atoms with Crippen molar-refractivity contribution in [1.29, 1.82) is 0 Å². The van der Waals surface area contributed by atoms with Gasteiger partial charge in [0.15, 0.2) is 0 Å². The fraction of sp³-hybridized carbons (Fsp3) is 0.733. The van der Waals surface area contributed by atoms with Crippen LogP contribution >= 0.6 is 11.6 Å². The zero-order valence-corrected chi connectivity index (χ0v) is 13.4. The maximum Gasteiger partial charge on any atom is 0.137 e. The molecule has 0 unspecified atom stereocenters. The average Bonchev–Trinajstić information content (AvgIpc) is 2.30. The molecule has 19 heavy (non-hydrogen) atoms. The monoisotopic (exact) mass is 281 g/mol. The Hall–Kier alpha value is -0.830. The summed E-state index contributed by atoms with van der Waals surface area (Å²) >= 11 is 6.28. The van der Waals surface area contributed by atoms with Crippen molar-refractivity contribution in [3.8, 4) is 0 Å². The fourth-order valence-electron chi connectivity index (χ4n) is 2.66. The van der Waals surface area contributed by atoms with E-state index in [9.17, 15) is 0 Å². The number of piperidine rings is 1. The van der Waals surface area contributed by atoms with Gasteiger partial charge < -0.3 is 4.90 Å². The van der Waals surface area contributed by atoms with Crippen LogP contribution in [0.1, 0.15) is 57.8 Å². The second-order valence-electron chi connectivity index (χ2n) is 6.67. The maximum absolute atomic E-state index is 6.28. The quantitative estimate of drug-likeness (QED) is 0.761. The molecule has 1 aromatic heterocycles. The Labute approximate surface area is 121 Å². The molecular weight excluding hydrogens is 258 g/mol. The average molecular weight is 282 g/mol. The Morgan fingerprint density at radius 3 is 2.53 bits per heavy atom. The van der Waals surface area contributed by atoms with E-state index < -0.39 is 0 Å². The van der Waals surface area contributed by atoms with Gasteiger partial charge in [0.25, 0.3) is 0 Å². The minimum atomic E-state index is 0.301. The van der Waals surface area contributed by atoms with Crippen molar-refractivity contribution in [3.05, 3.63) is 16.5 Å². The molecule has 106 valence electrons. The van der Waals surface area contributed by atoms with Crippen LogP contribution in [0.15, 0.2) is 0 Å². The molecule has 1 aliphatic rings. The second kappa shape index (κ2) is 5.28. The maximum atomic E-state index is 6.28. The molecule has 4 heteroatoms. The molecule has 0 saturated carbocycles. The van der Waals surface area contributed by atoms with Gasteiger partial charge in [-0.05, 0) is 25.2 Å². The zero-order chi connectivity index (χ0) is 14.2. The highest BCUT2D eigenvalue weighted by Gasteiger charge is 2.28. The first-order chi connectivity index (χ1) is 8.80. The zero-order valence-electron chi connectivity index (χ0n) is 12.6. The van der Waals surface area contributed by atoms with Crippen molar-refractivity contribution in [1.82, 2.24) is 9.97 Å². The highest BCUT2D eigenvalue weighted by molar-refractivity contribution is 6.30. The SMILES string of the molecule is Cc1c(Cl)nc(C(C)C)nc1N1CCCC(C)(C)C1. The van der Waals surface area contributed by atoms with Crippen LogP contribution in [-0.4, -0.2) is 23.1 Å². The summed E-state index contributed by atoms with van der Waals surface area (Å²) in [7, 11) is 0. The summed E-state index contributed by atoms with van der Waals surface area (Å²) in [5, 5.41) is 0.595. The van der Waals surface area contributed by atoms with Gasteiger partial charge in [0.1, 0.15) is 16.8 Å². The minimum Gasteiger partial charge on any atom is -0.356 e. The second-order valence-corrected chi connectivity index (χ2v) is 7.02. The van der Waals surface area contributed by atoms with Gasteiger partial charge in [0, 0.05) is 24.6 Å². The topological polar surface area (TPSA) is 29.0 Å². The van der Waals surface area contributed by atoms with Crippen LogP contribution in [0.25, 0.3) is 0 Å². The molecular formula is C15H24ClN3. The molecule has 0 N–H and O–H groups in total.